The Hall–Kier alpha value is -3.49. The van der Waals surface area contributed by atoms with Crippen molar-refractivity contribution in [1.29, 1.82) is 0 Å². The van der Waals surface area contributed by atoms with E-state index in [4.69, 9.17) is 4.52 Å². The van der Waals surface area contributed by atoms with Gasteiger partial charge in [0.05, 0.1) is 6.20 Å². The van der Waals surface area contributed by atoms with Crippen molar-refractivity contribution in [3.05, 3.63) is 53.3 Å². The molecule has 0 unspecified atom stereocenters. The van der Waals surface area contributed by atoms with Crippen LogP contribution < -0.4 is 10.2 Å². The molecule has 3 aromatic rings. The molecule has 3 aromatic heterocycles. The minimum absolute atomic E-state index is 0.0462. The van der Waals surface area contributed by atoms with Crippen LogP contribution in [0.25, 0.3) is 0 Å². The van der Waals surface area contributed by atoms with Gasteiger partial charge in [-0.25, -0.2) is 15.0 Å². The Morgan fingerprint density at radius 2 is 1.86 bits per heavy atom. The molecule has 4 heterocycles. The van der Waals surface area contributed by atoms with Gasteiger partial charge in [-0.2, -0.15) is 0 Å². The fraction of sp³-hybridized carbons (Fsp3) is 0.350. The number of carbonyl (C=O) groups excluding carboxylic acids is 1. The van der Waals surface area contributed by atoms with Crippen LogP contribution >= 0.6 is 0 Å². The van der Waals surface area contributed by atoms with E-state index in [0.717, 1.165) is 17.2 Å². The normalized spacial score (nSPS) is 14.2. The highest BCUT2D eigenvalue weighted by molar-refractivity contribution is 5.94. The van der Waals surface area contributed by atoms with Crippen LogP contribution in [0.1, 0.15) is 27.5 Å². The first kappa shape index (κ1) is 18.9. The summed E-state index contributed by atoms with van der Waals surface area (Å²) in [6.07, 6.45) is 3.25. The number of pyridine rings is 1. The average molecular weight is 393 g/mol. The number of hydrogen-bond acceptors (Lipinski definition) is 8. The molecule has 1 amide bonds. The van der Waals surface area contributed by atoms with Crippen molar-refractivity contribution in [2.24, 2.45) is 0 Å². The topological polar surface area (TPSA) is 100 Å². The summed E-state index contributed by atoms with van der Waals surface area (Å²) in [6.45, 7) is 8.22. The van der Waals surface area contributed by atoms with Crippen molar-refractivity contribution in [2.45, 2.75) is 20.8 Å². The minimum atomic E-state index is -0.0462. The van der Waals surface area contributed by atoms with E-state index in [9.17, 15) is 4.79 Å². The molecule has 0 bridgehead atoms. The summed E-state index contributed by atoms with van der Waals surface area (Å²) in [5.41, 5.74) is 1.64. The number of nitrogens with one attached hydrogen (secondary N) is 1. The standard InChI is InChI=1S/C20H23N7O2/c1-13-4-5-21-17(10-13)25-18-11-19(24-15(3)23-18)26-6-8-27(9-7-26)20(28)16-12-22-29-14(16)2/h4-5,10-12H,6-9H2,1-3H3,(H,21,23,24,25). The van der Waals surface area contributed by atoms with Gasteiger partial charge in [0.2, 0.25) is 0 Å². The molecule has 1 aliphatic heterocycles. The third-order valence-corrected chi connectivity index (χ3v) is 4.87. The number of carbonyl (C=O) groups is 1. The molecule has 0 aliphatic carbocycles. The maximum absolute atomic E-state index is 12.6. The monoisotopic (exact) mass is 393 g/mol. The SMILES string of the molecule is Cc1ccnc(Nc2cc(N3CCN(C(=O)c4cnoc4C)CC3)nc(C)n2)c1. The number of aryl methyl sites for hydroxylation is 3. The number of piperazine rings is 1. The largest absolute Gasteiger partial charge is 0.361 e. The number of rotatable bonds is 4. The van der Waals surface area contributed by atoms with Crippen molar-refractivity contribution in [1.82, 2.24) is 25.0 Å². The van der Waals surface area contributed by atoms with E-state index >= 15 is 0 Å². The summed E-state index contributed by atoms with van der Waals surface area (Å²) in [7, 11) is 0. The summed E-state index contributed by atoms with van der Waals surface area (Å²) >= 11 is 0. The maximum Gasteiger partial charge on any atom is 0.259 e. The highest BCUT2D eigenvalue weighted by atomic mass is 16.5. The lowest BCUT2D eigenvalue weighted by molar-refractivity contribution is 0.0744. The predicted octanol–water partition coefficient (Wildman–Crippen LogP) is 2.49. The van der Waals surface area contributed by atoms with Crippen LogP contribution in [0.2, 0.25) is 0 Å². The number of aromatic nitrogens is 4. The Bertz CT molecular complexity index is 1030. The molecule has 0 spiro atoms. The minimum Gasteiger partial charge on any atom is -0.361 e. The molecule has 29 heavy (non-hydrogen) atoms. The molecule has 1 aliphatic rings. The summed E-state index contributed by atoms with van der Waals surface area (Å²) in [4.78, 5) is 30.0. The fourth-order valence-corrected chi connectivity index (χ4v) is 3.33. The molecule has 9 nitrogen and oxygen atoms in total. The van der Waals surface area contributed by atoms with Crippen molar-refractivity contribution >= 4 is 23.4 Å². The summed E-state index contributed by atoms with van der Waals surface area (Å²) in [5, 5.41) is 6.94. The van der Waals surface area contributed by atoms with Crippen LogP contribution in [-0.2, 0) is 0 Å². The molecular weight excluding hydrogens is 370 g/mol. The Labute approximate surface area is 168 Å². The molecule has 4 rings (SSSR count). The fourth-order valence-electron chi connectivity index (χ4n) is 3.33. The van der Waals surface area contributed by atoms with Gasteiger partial charge in [-0.3, -0.25) is 4.79 Å². The first-order chi connectivity index (χ1) is 14.0. The number of nitrogens with zero attached hydrogens (tertiary/aromatic N) is 6. The zero-order valence-corrected chi connectivity index (χ0v) is 16.7. The third kappa shape index (κ3) is 4.18. The van der Waals surface area contributed by atoms with Crippen LogP contribution in [0.3, 0.4) is 0 Å². The van der Waals surface area contributed by atoms with Gasteiger partial charge in [0.1, 0.15) is 34.6 Å². The molecule has 1 N–H and O–H groups in total. The second-order valence-corrected chi connectivity index (χ2v) is 7.08. The lowest BCUT2D eigenvalue weighted by Gasteiger charge is -2.35. The second kappa shape index (κ2) is 7.86. The van der Waals surface area contributed by atoms with E-state index in [1.807, 2.05) is 36.9 Å². The van der Waals surface area contributed by atoms with E-state index in [0.29, 0.717) is 49.1 Å². The molecule has 1 fully saturated rings. The van der Waals surface area contributed by atoms with Gasteiger partial charge in [-0.15, -0.1) is 0 Å². The van der Waals surface area contributed by atoms with Gasteiger partial charge < -0.3 is 19.6 Å². The Morgan fingerprint density at radius 1 is 1.07 bits per heavy atom. The first-order valence-corrected chi connectivity index (χ1v) is 9.50. The van der Waals surface area contributed by atoms with E-state index in [1.165, 1.54) is 6.20 Å². The number of hydrogen-bond donors (Lipinski definition) is 1. The third-order valence-electron chi connectivity index (χ3n) is 4.87. The van der Waals surface area contributed by atoms with E-state index in [1.54, 1.807) is 13.1 Å². The van der Waals surface area contributed by atoms with Gasteiger partial charge >= 0.3 is 0 Å². The van der Waals surface area contributed by atoms with Crippen molar-refractivity contribution in [2.75, 3.05) is 36.4 Å². The zero-order chi connectivity index (χ0) is 20.4. The van der Waals surface area contributed by atoms with E-state index in [2.05, 4.69) is 30.3 Å². The van der Waals surface area contributed by atoms with Crippen LogP contribution in [-0.4, -0.2) is 57.1 Å². The smallest absolute Gasteiger partial charge is 0.259 e. The van der Waals surface area contributed by atoms with Gasteiger partial charge in [0.15, 0.2) is 0 Å². The Balaban J connectivity index is 1.45. The molecule has 0 radical (unpaired) electrons. The zero-order valence-electron chi connectivity index (χ0n) is 16.7. The summed E-state index contributed by atoms with van der Waals surface area (Å²) < 4.78 is 5.01. The quantitative estimate of drug-likeness (QED) is 0.722. The lowest BCUT2D eigenvalue weighted by atomic mass is 10.2. The maximum atomic E-state index is 12.6. The molecule has 0 saturated carbocycles. The van der Waals surface area contributed by atoms with Crippen LogP contribution in [0, 0.1) is 20.8 Å². The predicted molar refractivity (Wildman–Crippen MR) is 108 cm³/mol. The van der Waals surface area contributed by atoms with Crippen LogP contribution in [0.5, 0.6) is 0 Å². The molecule has 150 valence electrons. The van der Waals surface area contributed by atoms with Crippen LogP contribution in [0.15, 0.2) is 35.1 Å². The van der Waals surface area contributed by atoms with Gasteiger partial charge in [-0.05, 0) is 38.5 Å². The molecular formula is C20H23N7O2. The molecule has 1 saturated heterocycles. The lowest BCUT2D eigenvalue weighted by Crippen LogP contribution is -2.49. The second-order valence-electron chi connectivity index (χ2n) is 7.08. The van der Waals surface area contributed by atoms with E-state index < -0.39 is 0 Å². The van der Waals surface area contributed by atoms with Gasteiger partial charge in [0, 0.05) is 38.4 Å². The van der Waals surface area contributed by atoms with Crippen molar-refractivity contribution < 1.29 is 9.32 Å². The molecule has 9 heteroatoms. The molecule has 0 aromatic carbocycles. The number of anilines is 3. The van der Waals surface area contributed by atoms with Gasteiger partial charge in [0.25, 0.3) is 5.91 Å². The van der Waals surface area contributed by atoms with Gasteiger partial charge in [-0.1, -0.05) is 5.16 Å². The summed E-state index contributed by atoms with van der Waals surface area (Å²) in [6, 6.07) is 5.83. The summed E-state index contributed by atoms with van der Waals surface area (Å²) in [5.74, 6) is 3.45. The highest BCUT2D eigenvalue weighted by Gasteiger charge is 2.25. The molecule has 0 atom stereocenters. The highest BCUT2D eigenvalue weighted by Crippen LogP contribution is 2.21. The van der Waals surface area contributed by atoms with Crippen molar-refractivity contribution in [3.8, 4) is 0 Å². The van der Waals surface area contributed by atoms with Crippen molar-refractivity contribution in [3.63, 3.8) is 0 Å². The first-order valence-electron chi connectivity index (χ1n) is 9.50. The van der Waals surface area contributed by atoms with E-state index in [-0.39, 0.29) is 5.91 Å². The Morgan fingerprint density at radius 3 is 2.55 bits per heavy atom. The average Bonchev–Trinajstić information content (AvgIpc) is 3.13. The number of amides is 1. The van der Waals surface area contributed by atoms with Crippen LogP contribution in [0.4, 0.5) is 17.5 Å². The Kier molecular flexibility index (Phi) is 5.11.